The zero-order valence-electron chi connectivity index (χ0n) is 12.8. The average molecular weight is 281 g/mol. The summed E-state index contributed by atoms with van der Waals surface area (Å²) in [7, 11) is 0. The number of aromatic nitrogens is 1. The van der Waals surface area contributed by atoms with Crippen LogP contribution in [0.25, 0.3) is 0 Å². The molecule has 3 nitrogen and oxygen atoms in total. The molecule has 2 aromatic rings. The topological polar surface area (TPSA) is 50.9 Å². The Kier molecular flexibility index (Phi) is 4.04. The van der Waals surface area contributed by atoms with Crippen molar-refractivity contribution in [2.45, 2.75) is 45.1 Å². The number of hydrogen-bond donors (Lipinski definition) is 2. The molecule has 2 atom stereocenters. The van der Waals surface area contributed by atoms with Gasteiger partial charge in [0.2, 0.25) is 0 Å². The number of hydrogen-bond acceptors (Lipinski definition) is 3. The summed E-state index contributed by atoms with van der Waals surface area (Å²) in [6.45, 7) is 4.29. The molecule has 0 saturated carbocycles. The molecule has 0 saturated heterocycles. The minimum atomic E-state index is 0.125. The summed E-state index contributed by atoms with van der Waals surface area (Å²) < 4.78 is 0. The lowest BCUT2D eigenvalue weighted by atomic mass is 9.79. The number of nitrogens with one attached hydrogen (secondary N) is 1. The zero-order chi connectivity index (χ0) is 14.8. The molecular formula is C18H23N3. The Hall–Kier alpha value is -1.71. The van der Waals surface area contributed by atoms with Crippen LogP contribution in [-0.4, -0.2) is 4.98 Å². The van der Waals surface area contributed by atoms with Gasteiger partial charge in [0.1, 0.15) is 0 Å². The van der Waals surface area contributed by atoms with Crippen molar-refractivity contribution in [3.05, 3.63) is 64.5 Å². The van der Waals surface area contributed by atoms with Crippen molar-refractivity contribution >= 4 is 0 Å². The van der Waals surface area contributed by atoms with E-state index in [9.17, 15) is 0 Å². The minimum absolute atomic E-state index is 0.125. The van der Waals surface area contributed by atoms with Crippen molar-refractivity contribution in [2.75, 3.05) is 0 Å². The van der Waals surface area contributed by atoms with E-state index in [-0.39, 0.29) is 6.04 Å². The van der Waals surface area contributed by atoms with E-state index in [1.165, 1.54) is 34.4 Å². The molecule has 1 aromatic carbocycles. The number of rotatable bonds is 3. The standard InChI is InChI=1S/C18H23N3/c1-12-8-9-15(13(2)11-12)18(21-19)16-7-3-5-14-6-4-10-20-17(14)16/h4,6,8-11,16,18,21H,3,5,7,19H2,1-2H3. The molecule has 0 aliphatic heterocycles. The molecule has 0 spiro atoms. The third kappa shape index (κ3) is 2.71. The number of hydrazine groups is 1. The summed E-state index contributed by atoms with van der Waals surface area (Å²) >= 11 is 0. The fourth-order valence-corrected chi connectivity index (χ4v) is 3.57. The van der Waals surface area contributed by atoms with Gasteiger partial charge in [0.05, 0.1) is 6.04 Å². The highest BCUT2D eigenvalue weighted by Gasteiger charge is 2.30. The van der Waals surface area contributed by atoms with Gasteiger partial charge < -0.3 is 0 Å². The lowest BCUT2D eigenvalue weighted by Gasteiger charge is -2.32. The quantitative estimate of drug-likeness (QED) is 0.670. The summed E-state index contributed by atoms with van der Waals surface area (Å²) in [4.78, 5) is 4.65. The first kappa shape index (κ1) is 14.2. The van der Waals surface area contributed by atoms with Gasteiger partial charge in [0, 0.05) is 17.8 Å². The molecule has 110 valence electrons. The van der Waals surface area contributed by atoms with Gasteiger partial charge in [-0.25, -0.2) is 0 Å². The van der Waals surface area contributed by atoms with Gasteiger partial charge in [0.25, 0.3) is 0 Å². The van der Waals surface area contributed by atoms with E-state index < -0.39 is 0 Å². The van der Waals surface area contributed by atoms with Gasteiger partial charge in [-0.2, -0.15) is 0 Å². The van der Waals surface area contributed by atoms with E-state index >= 15 is 0 Å². The largest absolute Gasteiger partial charge is 0.271 e. The Labute approximate surface area is 126 Å². The van der Waals surface area contributed by atoms with Gasteiger partial charge >= 0.3 is 0 Å². The van der Waals surface area contributed by atoms with Gasteiger partial charge in [-0.3, -0.25) is 16.3 Å². The van der Waals surface area contributed by atoms with E-state index in [1.54, 1.807) is 0 Å². The van der Waals surface area contributed by atoms with Crippen molar-refractivity contribution in [1.82, 2.24) is 10.4 Å². The molecule has 2 unspecified atom stereocenters. The van der Waals surface area contributed by atoms with Crippen LogP contribution in [0.1, 0.15) is 52.7 Å². The summed E-state index contributed by atoms with van der Waals surface area (Å²) in [5, 5.41) is 0. The maximum absolute atomic E-state index is 5.92. The van der Waals surface area contributed by atoms with Crippen molar-refractivity contribution in [1.29, 1.82) is 0 Å². The SMILES string of the molecule is Cc1ccc(C(NN)C2CCCc3cccnc32)c(C)c1. The summed E-state index contributed by atoms with van der Waals surface area (Å²) in [6, 6.07) is 10.9. The van der Waals surface area contributed by atoms with Crippen LogP contribution in [0.15, 0.2) is 36.5 Å². The normalized spacial score (nSPS) is 19.1. The third-order valence-corrected chi connectivity index (χ3v) is 4.58. The maximum Gasteiger partial charge on any atom is 0.0546 e. The third-order valence-electron chi connectivity index (χ3n) is 4.58. The molecule has 1 aliphatic rings. The van der Waals surface area contributed by atoms with E-state index in [1.807, 2.05) is 12.3 Å². The highest BCUT2D eigenvalue weighted by atomic mass is 15.2. The molecule has 1 aliphatic carbocycles. The molecule has 1 heterocycles. The highest BCUT2D eigenvalue weighted by molar-refractivity contribution is 5.37. The monoisotopic (exact) mass is 281 g/mol. The number of nitrogens with two attached hydrogens (primary N) is 1. The predicted octanol–water partition coefficient (Wildman–Crippen LogP) is 3.32. The second-order valence-electron chi connectivity index (χ2n) is 6.05. The van der Waals surface area contributed by atoms with Crippen molar-refractivity contribution in [3.8, 4) is 0 Å². The molecular weight excluding hydrogens is 258 g/mol. The summed E-state index contributed by atoms with van der Waals surface area (Å²) in [5.41, 5.74) is 9.50. The number of pyridine rings is 1. The number of aryl methyl sites for hydroxylation is 3. The molecule has 0 amide bonds. The van der Waals surface area contributed by atoms with Crippen molar-refractivity contribution < 1.29 is 0 Å². The molecule has 21 heavy (non-hydrogen) atoms. The maximum atomic E-state index is 5.92. The molecule has 3 N–H and O–H groups in total. The Morgan fingerprint density at radius 1 is 1.29 bits per heavy atom. The summed E-state index contributed by atoms with van der Waals surface area (Å²) in [5.74, 6) is 6.27. The predicted molar refractivity (Wildman–Crippen MR) is 85.9 cm³/mol. The van der Waals surface area contributed by atoms with Crippen LogP contribution in [-0.2, 0) is 6.42 Å². The second kappa shape index (κ2) is 5.96. The number of benzene rings is 1. The van der Waals surface area contributed by atoms with Gasteiger partial charge in [-0.1, -0.05) is 29.8 Å². The lowest BCUT2D eigenvalue weighted by Crippen LogP contribution is -2.35. The fraction of sp³-hybridized carbons (Fsp3) is 0.389. The van der Waals surface area contributed by atoms with E-state index in [2.05, 4.69) is 48.5 Å². The minimum Gasteiger partial charge on any atom is -0.271 e. The Morgan fingerprint density at radius 3 is 2.90 bits per heavy atom. The van der Waals surface area contributed by atoms with E-state index in [0.717, 1.165) is 12.8 Å². The molecule has 0 radical (unpaired) electrons. The first-order chi connectivity index (χ1) is 10.2. The Bertz CT molecular complexity index is 636. The zero-order valence-corrected chi connectivity index (χ0v) is 12.8. The number of fused-ring (bicyclic) bond motifs is 1. The molecule has 1 aromatic heterocycles. The van der Waals surface area contributed by atoms with Crippen molar-refractivity contribution in [2.24, 2.45) is 5.84 Å². The van der Waals surface area contributed by atoms with Crippen LogP contribution in [0.4, 0.5) is 0 Å². The first-order valence-corrected chi connectivity index (χ1v) is 7.68. The van der Waals surface area contributed by atoms with Crippen LogP contribution in [0.2, 0.25) is 0 Å². The molecule has 3 heteroatoms. The Balaban J connectivity index is 2.01. The van der Waals surface area contributed by atoms with Crippen LogP contribution in [0.3, 0.4) is 0 Å². The molecule has 0 bridgehead atoms. The number of nitrogens with zero attached hydrogens (tertiary/aromatic N) is 1. The van der Waals surface area contributed by atoms with Gasteiger partial charge in [-0.15, -0.1) is 0 Å². The van der Waals surface area contributed by atoms with E-state index in [0.29, 0.717) is 5.92 Å². The Morgan fingerprint density at radius 2 is 2.14 bits per heavy atom. The van der Waals surface area contributed by atoms with Crippen LogP contribution in [0.5, 0.6) is 0 Å². The first-order valence-electron chi connectivity index (χ1n) is 7.68. The molecule has 0 fully saturated rings. The van der Waals surface area contributed by atoms with Crippen molar-refractivity contribution in [3.63, 3.8) is 0 Å². The van der Waals surface area contributed by atoms with Crippen LogP contribution in [0, 0.1) is 13.8 Å². The smallest absolute Gasteiger partial charge is 0.0546 e. The highest BCUT2D eigenvalue weighted by Crippen LogP contribution is 2.39. The fourth-order valence-electron chi connectivity index (χ4n) is 3.57. The second-order valence-corrected chi connectivity index (χ2v) is 6.05. The van der Waals surface area contributed by atoms with E-state index in [4.69, 9.17) is 5.84 Å². The van der Waals surface area contributed by atoms with Gasteiger partial charge in [0.15, 0.2) is 0 Å². The molecule has 3 rings (SSSR count). The van der Waals surface area contributed by atoms with Crippen LogP contribution < -0.4 is 11.3 Å². The van der Waals surface area contributed by atoms with Gasteiger partial charge in [-0.05, 0) is 55.9 Å². The average Bonchev–Trinajstić information content (AvgIpc) is 2.50. The lowest BCUT2D eigenvalue weighted by molar-refractivity contribution is 0.398. The summed E-state index contributed by atoms with van der Waals surface area (Å²) in [6.07, 6.45) is 5.36. The van der Waals surface area contributed by atoms with Crippen LogP contribution >= 0.6 is 0 Å².